The number of nitrogens with zero attached hydrogens (tertiary/aromatic N) is 2. The summed E-state index contributed by atoms with van der Waals surface area (Å²) in [5.41, 5.74) is 7.01. The molecule has 2 fully saturated rings. The molecule has 0 atom stereocenters. The van der Waals surface area contributed by atoms with E-state index in [-0.39, 0.29) is 11.7 Å². The standard InChI is InChI=1S/C15H23N3OS2/c1-17-6-3-7-18(9-8-17)15-14(20-2)11(16)13(21-15)12(19)10-4-5-10/h10H,3-9,16H2,1-2H3. The summed E-state index contributed by atoms with van der Waals surface area (Å²) in [7, 11) is 2.17. The molecular formula is C15H23N3OS2. The minimum absolute atomic E-state index is 0.240. The quantitative estimate of drug-likeness (QED) is 0.681. The van der Waals surface area contributed by atoms with Crippen LogP contribution in [0.1, 0.15) is 28.9 Å². The average Bonchev–Trinajstić information content (AvgIpc) is 3.27. The number of nitrogen functional groups attached to an aromatic ring is 1. The Balaban J connectivity index is 1.89. The molecule has 6 heteroatoms. The molecule has 2 heterocycles. The van der Waals surface area contributed by atoms with E-state index in [1.165, 1.54) is 5.00 Å². The first-order chi connectivity index (χ1) is 10.1. The highest BCUT2D eigenvalue weighted by atomic mass is 32.2. The van der Waals surface area contributed by atoms with E-state index in [1.807, 2.05) is 0 Å². The molecule has 116 valence electrons. The number of thioether (sulfide) groups is 1. The summed E-state index contributed by atoms with van der Waals surface area (Å²) in [6.07, 6.45) is 5.29. The highest BCUT2D eigenvalue weighted by molar-refractivity contribution is 7.99. The lowest BCUT2D eigenvalue weighted by Crippen LogP contribution is -2.28. The van der Waals surface area contributed by atoms with Crippen molar-refractivity contribution in [2.45, 2.75) is 24.2 Å². The van der Waals surface area contributed by atoms with Crippen LogP contribution >= 0.6 is 23.1 Å². The fourth-order valence-corrected chi connectivity index (χ4v) is 5.04. The highest BCUT2D eigenvalue weighted by Gasteiger charge is 2.34. The Morgan fingerprint density at radius 3 is 2.71 bits per heavy atom. The molecule has 0 aromatic carbocycles. The van der Waals surface area contributed by atoms with Gasteiger partial charge in [0.05, 0.1) is 15.5 Å². The molecule has 1 aliphatic carbocycles. The largest absolute Gasteiger partial charge is 0.396 e. The second kappa shape index (κ2) is 6.18. The predicted molar refractivity (Wildman–Crippen MR) is 91.9 cm³/mol. The van der Waals surface area contributed by atoms with Crippen LogP contribution in [-0.4, -0.2) is 50.2 Å². The van der Waals surface area contributed by atoms with Gasteiger partial charge in [0.25, 0.3) is 0 Å². The number of thiophene rings is 1. The summed E-state index contributed by atoms with van der Waals surface area (Å²) in [6, 6.07) is 0. The van der Waals surface area contributed by atoms with E-state index in [2.05, 4.69) is 23.1 Å². The van der Waals surface area contributed by atoms with Crippen molar-refractivity contribution in [3.63, 3.8) is 0 Å². The molecular weight excluding hydrogens is 302 g/mol. The Labute approximate surface area is 134 Å². The van der Waals surface area contributed by atoms with Gasteiger partial charge in [0.2, 0.25) is 0 Å². The fourth-order valence-electron chi connectivity index (χ4n) is 2.79. The van der Waals surface area contributed by atoms with E-state index in [9.17, 15) is 4.79 Å². The molecule has 0 bridgehead atoms. The number of carbonyl (C=O) groups excluding carboxylic acids is 1. The molecule has 21 heavy (non-hydrogen) atoms. The normalized spacial score (nSPS) is 20.6. The lowest BCUT2D eigenvalue weighted by Gasteiger charge is -2.22. The van der Waals surface area contributed by atoms with Crippen molar-refractivity contribution >= 4 is 39.6 Å². The predicted octanol–water partition coefficient (Wildman–Crippen LogP) is 2.79. The van der Waals surface area contributed by atoms with Gasteiger partial charge < -0.3 is 15.5 Å². The first kappa shape index (κ1) is 15.2. The number of rotatable bonds is 4. The number of anilines is 2. The zero-order valence-corrected chi connectivity index (χ0v) is 14.4. The van der Waals surface area contributed by atoms with Crippen LogP contribution in [0.2, 0.25) is 0 Å². The van der Waals surface area contributed by atoms with Gasteiger partial charge in [-0.2, -0.15) is 0 Å². The third kappa shape index (κ3) is 3.07. The minimum atomic E-state index is 0.240. The van der Waals surface area contributed by atoms with E-state index < -0.39 is 0 Å². The molecule has 1 aliphatic heterocycles. The van der Waals surface area contributed by atoms with Crippen molar-refractivity contribution < 1.29 is 4.79 Å². The summed E-state index contributed by atoms with van der Waals surface area (Å²) < 4.78 is 0. The van der Waals surface area contributed by atoms with E-state index in [4.69, 9.17) is 5.73 Å². The number of likely N-dealkylation sites (N-methyl/N-ethyl adjacent to an activating group) is 1. The number of hydrogen-bond acceptors (Lipinski definition) is 6. The van der Waals surface area contributed by atoms with Gasteiger partial charge in [0, 0.05) is 25.6 Å². The monoisotopic (exact) mass is 325 g/mol. The maximum atomic E-state index is 12.4. The van der Waals surface area contributed by atoms with E-state index in [1.54, 1.807) is 23.1 Å². The van der Waals surface area contributed by atoms with Crippen LogP contribution in [0.3, 0.4) is 0 Å². The lowest BCUT2D eigenvalue weighted by atomic mass is 10.2. The molecule has 1 aromatic heterocycles. The smallest absolute Gasteiger partial charge is 0.178 e. The highest BCUT2D eigenvalue weighted by Crippen LogP contribution is 2.47. The average molecular weight is 326 g/mol. The number of Topliss-reactive ketones (excluding diaryl/α,β-unsaturated/α-hetero) is 1. The molecule has 2 N–H and O–H groups in total. The Morgan fingerprint density at radius 2 is 2.05 bits per heavy atom. The number of nitrogens with two attached hydrogens (primary N) is 1. The summed E-state index contributed by atoms with van der Waals surface area (Å²) in [5, 5.41) is 1.21. The van der Waals surface area contributed by atoms with Crippen molar-refractivity contribution in [1.82, 2.24) is 4.90 Å². The van der Waals surface area contributed by atoms with Gasteiger partial charge in [-0.15, -0.1) is 23.1 Å². The molecule has 0 spiro atoms. The van der Waals surface area contributed by atoms with Crippen molar-refractivity contribution in [2.24, 2.45) is 5.92 Å². The van der Waals surface area contributed by atoms with Crippen molar-refractivity contribution in [3.8, 4) is 0 Å². The molecule has 1 saturated carbocycles. The van der Waals surface area contributed by atoms with Crippen LogP contribution in [0, 0.1) is 5.92 Å². The van der Waals surface area contributed by atoms with Gasteiger partial charge in [0.1, 0.15) is 5.00 Å². The van der Waals surface area contributed by atoms with Crippen LogP contribution in [0.4, 0.5) is 10.7 Å². The van der Waals surface area contributed by atoms with Crippen LogP contribution < -0.4 is 10.6 Å². The maximum Gasteiger partial charge on any atom is 0.178 e. The third-order valence-corrected chi connectivity index (χ3v) is 6.50. The summed E-state index contributed by atoms with van der Waals surface area (Å²) in [4.78, 5) is 19.1. The number of carbonyl (C=O) groups is 1. The zero-order chi connectivity index (χ0) is 15.0. The molecule has 0 radical (unpaired) electrons. The molecule has 1 aromatic rings. The Kier molecular flexibility index (Phi) is 4.47. The summed E-state index contributed by atoms with van der Waals surface area (Å²) in [6.45, 7) is 4.27. The van der Waals surface area contributed by atoms with Crippen molar-refractivity contribution in [3.05, 3.63) is 4.88 Å². The first-order valence-electron chi connectivity index (χ1n) is 7.55. The molecule has 1 saturated heterocycles. The molecule has 0 unspecified atom stereocenters. The minimum Gasteiger partial charge on any atom is -0.396 e. The Bertz CT molecular complexity index is 539. The second-order valence-electron chi connectivity index (χ2n) is 5.97. The summed E-state index contributed by atoms with van der Waals surface area (Å²) >= 11 is 3.29. The maximum absolute atomic E-state index is 12.4. The summed E-state index contributed by atoms with van der Waals surface area (Å²) in [5.74, 6) is 0.509. The SMILES string of the molecule is CSc1c(N2CCCN(C)CC2)sc(C(=O)C2CC2)c1N. The van der Waals surface area contributed by atoms with Crippen LogP contribution in [0.15, 0.2) is 4.90 Å². The van der Waals surface area contributed by atoms with Crippen LogP contribution in [-0.2, 0) is 0 Å². The van der Waals surface area contributed by atoms with Gasteiger partial charge in [-0.1, -0.05) is 0 Å². The first-order valence-corrected chi connectivity index (χ1v) is 9.60. The topological polar surface area (TPSA) is 49.6 Å². The Morgan fingerprint density at radius 1 is 1.29 bits per heavy atom. The van der Waals surface area contributed by atoms with Gasteiger partial charge in [-0.3, -0.25) is 4.79 Å². The third-order valence-electron chi connectivity index (χ3n) is 4.27. The zero-order valence-electron chi connectivity index (χ0n) is 12.7. The molecule has 3 rings (SSSR count). The lowest BCUT2D eigenvalue weighted by molar-refractivity contribution is 0.0972. The van der Waals surface area contributed by atoms with E-state index in [0.717, 1.165) is 60.9 Å². The fraction of sp³-hybridized carbons (Fsp3) is 0.667. The van der Waals surface area contributed by atoms with Gasteiger partial charge in [-0.25, -0.2) is 0 Å². The Hall–Kier alpha value is -0.720. The molecule has 2 aliphatic rings. The van der Waals surface area contributed by atoms with E-state index in [0.29, 0.717) is 0 Å². The van der Waals surface area contributed by atoms with Gasteiger partial charge >= 0.3 is 0 Å². The van der Waals surface area contributed by atoms with Crippen LogP contribution in [0.25, 0.3) is 0 Å². The van der Waals surface area contributed by atoms with Crippen molar-refractivity contribution in [2.75, 3.05) is 50.1 Å². The number of ketones is 1. The van der Waals surface area contributed by atoms with Gasteiger partial charge in [0.15, 0.2) is 5.78 Å². The molecule has 4 nitrogen and oxygen atoms in total. The molecule has 0 amide bonds. The van der Waals surface area contributed by atoms with Gasteiger partial charge in [-0.05, 0) is 39.1 Å². The van der Waals surface area contributed by atoms with Crippen molar-refractivity contribution in [1.29, 1.82) is 0 Å². The second-order valence-corrected chi connectivity index (χ2v) is 7.78. The number of hydrogen-bond donors (Lipinski definition) is 1. The van der Waals surface area contributed by atoms with Crippen LogP contribution in [0.5, 0.6) is 0 Å². The van der Waals surface area contributed by atoms with E-state index >= 15 is 0 Å².